The number of rotatable bonds is 12. The van der Waals surface area contributed by atoms with E-state index in [1.54, 1.807) is 0 Å². The first kappa shape index (κ1) is 26.9. The predicted molar refractivity (Wildman–Crippen MR) is 122 cm³/mol. The second-order valence-electron chi connectivity index (χ2n) is 7.82. The standard InChI is InChI=1S/C21H28N4O8S/c26-12-5-3-11(4-6-12)8-14(19(30)25-16(10-34)21(32)33)23-20(31)15(9-17(27)28)24-18(29)13-2-1-7-22-13/h3-6,13-16,22,26,34H,1-2,7-10H2,(H,23,31)(H,24,29)(H,25,30)(H,27,28)(H,32,33). The van der Waals surface area contributed by atoms with Crippen molar-refractivity contribution in [3.63, 3.8) is 0 Å². The normalized spacial score (nSPS) is 17.7. The molecule has 4 unspecified atom stereocenters. The molecule has 0 aromatic heterocycles. The SMILES string of the molecule is O=C(O)CC(NC(=O)C1CCCN1)C(=O)NC(Cc1ccc(O)cc1)C(=O)NC(CS)C(=O)O. The quantitative estimate of drug-likeness (QED) is 0.161. The second kappa shape index (κ2) is 12.8. The molecule has 4 atom stereocenters. The number of benzene rings is 1. The Balaban J connectivity index is 2.20. The fraction of sp³-hybridized carbons (Fsp3) is 0.476. The summed E-state index contributed by atoms with van der Waals surface area (Å²) in [5, 5.41) is 37.9. The number of carboxylic acids is 2. The van der Waals surface area contributed by atoms with Gasteiger partial charge in [-0.3, -0.25) is 19.2 Å². The highest BCUT2D eigenvalue weighted by Gasteiger charge is 2.32. The molecule has 3 amide bonds. The van der Waals surface area contributed by atoms with Gasteiger partial charge in [0, 0.05) is 12.2 Å². The van der Waals surface area contributed by atoms with E-state index in [0.717, 1.165) is 6.42 Å². The minimum absolute atomic E-state index is 0.0143. The lowest BCUT2D eigenvalue weighted by Gasteiger charge is -2.24. The first-order valence-electron chi connectivity index (χ1n) is 10.6. The molecule has 1 aliphatic rings. The monoisotopic (exact) mass is 496 g/mol. The molecule has 1 saturated heterocycles. The summed E-state index contributed by atoms with van der Waals surface area (Å²) in [5.41, 5.74) is 0.532. The molecule has 0 bridgehead atoms. The summed E-state index contributed by atoms with van der Waals surface area (Å²) in [6.07, 6.45) is 0.499. The summed E-state index contributed by atoms with van der Waals surface area (Å²) in [4.78, 5) is 60.7. The van der Waals surface area contributed by atoms with Gasteiger partial charge in [-0.2, -0.15) is 12.6 Å². The number of hydrogen-bond acceptors (Lipinski definition) is 8. The molecular formula is C21H28N4O8S. The first-order valence-corrected chi connectivity index (χ1v) is 11.2. The third kappa shape index (κ3) is 8.23. The molecule has 0 aliphatic carbocycles. The van der Waals surface area contributed by atoms with E-state index in [2.05, 4.69) is 33.9 Å². The van der Waals surface area contributed by atoms with Gasteiger partial charge >= 0.3 is 11.9 Å². The minimum Gasteiger partial charge on any atom is -0.508 e. The number of thiol groups is 1. The van der Waals surface area contributed by atoms with Gasteiger partial charge in [0.1, 0.15) is 23.9 Å². The van der Waals surface area contributed by atoms with Gasteiger partial charge in [-0.1, -0.05) is 12.1 Å². The average Bonchev–Trinajstić information content (AvgIpc) is 3.32. The maximum atomic E-state index is 12.9. The number of nitrogens with one attached hydrogen (secondary N) is 4. The van der Waals surface area contributed by atoms with Gasteiger partial charge in [-0.15, -0.1) is 0 Å². The van der Waals surface area contributed by atoms with Gasteiger partial charge in [0.25, 0.3) is 0 Å². The molecule has 12 nitrogen and oxygen atoms in total. The smallest absolute Gasteiger partial charge is 0.327 e. The number of phenols is 1. The lowest BCUT2D eigenvalue weighted by molar-refractivity contribution is -0.142. The van der Waals surface area contributed by atoms with E-state index in [-0.39, 0.29) is 17.9 Å². The van der Waals surface area contributed by atoms with E-state index < -0.39 is 60.2 Å². The number of phenolic OH excluding ortho intramolecular Hbond substituents is 1. The summed E-state index contributed by atoms with van der Waals surface area (Å²) in [5.74, 6) is -5.14. The van der Waals surface area contributed by atoms with E-state index >= 15 is 0 Å². The largest absolute Gasteiger partial charge is 0.508 e. The highest BCUT2D eigenvalue weighted by Crippen LogP contribution is 2.12. The summed E-state index contributed by atoms with van der Waals surface area (Å²) < 4.78 is 0. The predicted octanol–water partition coefficient (Wildman–Crippen LogP) is -1.37. The highest BCUT2D eigenvalue weighted by molar-refractivity contribution is 7.80. The number of aliphatic carboxylic acids is 2. The van der Waals surface area contributed by atoms with Crippen LogP contribution in [0.15, 0.2) is 24.3 Å². The zero-order valence-electron chi connectivity index (χ0n) is 18.2. The summed E-state index contributed by atoms with van der Waals surface area (Å²) >= 11 is 3.90. The van der Waals surface area contributed by atoms with Gasteiger partial charge in [-0.05, 0) is 37.1 Å². The lowest BCUT2D eigenvalue weighted by Crippen LogP contribution is -2.58. The molecule has 1 aromatic carbocycles. The van der Waals surface area contributed by atoms with Crippen LogP contribution in [0.1, 0.15) is 24.8 Å². The molecule has 7 N–H and O–H groups in total. The van der Waals surface area contributed by atoms with Crippen molar-refractivity contribution in [2.45, 2.75) is 49.9 Å². The molecule has 0 saturated carbocycles. The second-order valence-corrected chi connectivity index (χ2v) is 8.19. The van der Waals surface area contributed by atoms with Crippen LogP contribution in [0.4, 0.5) is 0 Å². The molecule has 34 heavy (non-hydrogen) atoms. The summed E-state index contributed by atoms with van der Waals surface area (Å²) in [7, 11) is 0. The van der Waals surface area contributed by atoms with Crippen molar-refractivity contribution in [1.29, 1.82) is 0 Å². The van der Waals surface area contributed by atoms with Gasteiger partial charge in [-0.25, -0.2) is 4.79 Å². The Labute approximate surface area is 200 Å². The molecule has 186 valence electrons. The van der Waals surface area contributed by atoms with Crippen LogP contribution >= 0.6 is 12.6 Å². The third-order valence-electron chi connectivity index (χ3n) is 5.19. The molecule has 1 aromatic rings. The Kier molecular flexibility index (Phi) is 10.1. The Morgan fingerprint density at radius 3 is 2.12 bits per heavy atom. The number of amides is 3. The van der Waals surface area contributed by atoms with Gasteiger partial charge < -0.3 is 36.6 Å². The Bertz CT molecular complexity index is 905. The number of hydrogen-bond donors (Lipinski definition) is 8. The first-order chi connectivity index (χ1) is 16.1. The van der Waals surface area contributed by atoms with Crippen molar-refractivity contribution in [3.8, 4) is 5.75 Å². The van der Waals surface area contributed by atoms with Crippen molar-refractivity contribution in [2.24, 2.45) is 0 Å². The number of carbonyl (C=O) groups excluding carboxylic acids is 3. The van der Waals surface area contributed by atoms with Crippen molar-refractivity contribution in [3.05, 3.63) is 29.8 Å². The average molecular weight is 497 g/mol. The van der Waals surface area contributed by atoms with E-state index in [1.807, 2.05) is 0 Å². The van der Waals surface area contributed by atoms with Crippen molar-refractivity contribution < 1.29 is 39.3 Å². The van der Waals surface area contributed by atoms with Crippen LogP contribution in [0, 0.1) is 0 Å². The van der Waals surface area contributed by atoms with Crippen LogP contribution in [0.2, 0.25) is 0 Å². The number of aromatic hydroxyl groups is 1. The third-order valence-corrected chi connectivity index (χ3v) is 5.56. The van der Waals surface area contributed by atoms with Crippen molar-refractivity contribution in [2.75, 3.05) is 12.3 Å². The van der Waals surface area contributed by atoms with Gasteiger partial charge in [0.05, 0.1) is 12.5 Å². The molecule has 0 spiro atoms. The molecule has 1 heterocycles. The van der Waals surface area contributed by atoms with E-state index in [9.17, 15) is 39.3 Å². The van der Waals surface area contributed by atoms with E-state index in [1.165, 1.54) is 24.3 Å². The molecule has 13 heteroatoms. The summed E-state index contributed by atoms with van der Waals surface area (Å²) in [6, 6.07) is 1.16. The van der Waals surface area contributed by atoms with Crippen LogP contribution in [0.5, 0.6) is 5.75 Å². The maximum absolute atomic E-state index is 12.9. The zero-order chi connectivity index (χ0) is 25.3. The topological polar surface area (TPSA) is 194 Å². The number of carboxylic acid groups (broad SMARTS) is 2. The minimum atomic E-state index is -1.46. The fourth-order valence-electron chi connectivity index (χ4n) is 3.37. The lowest BCUT2D eigenvalue weighted by atomic mass is 10.0. The molecule has 1 aliphatic heterocycles. The molecule has 0 radical (unpaired) electrons. The zero-order valence-corrected chi connectivity index (χ0v) is 19.1. The van der Waals surface area contributed by atoms with Gasteiger partial charge in [0.15, 0.2) is 0 Å². The molecule has 1 fully saturated rings. The van der Waals surface area contributed by atoms with Crippen LogP contribution in [0.25, 0.3) is 0 Å². The Morgan fingerprint density at radius 2 is 1.59 bits per heavy atom. The van der Waals surface area contributed by atoms with E-state index in [0.29, 0.717) is 18.5 Å². The van der Waals surface area contributed by atoms with E-state index in [4.69, 9.17) is 0 Å². The van der Waals surface area contributed by atoms with Crippen LogP contribution in [-0.4, -0.2) is 81.4 Å². The van der Waals surface area contributed by atoms with Crippen LogP contribution in [-0.2, 0) is 30.4 Å². The van der Waals surface area contributed by atoms with Crippen molar-refractivity contribution >= 4 is 42.3 Å². The van der Waals surface area contributed by atoms with Gasteiger partial charge in [0.2, 0.25) is 17.7 Å². The van der Waals surface area contributed by atoms with Crippen LogP contribution in [0.3, 0.4) is 0 Å². The highest BCUT2D eigenvalue weighted by atomic mass is 32.1. The molecule has 2 rings (SSSR count). The Hall–Kier alpha value is -3.32. The molecular weight excluding hydrogens is 468 g/mol. The number of carbonyl (C=O) groups is 5. The van der Waals surface area contributed by atoms with Crippen LogP contribution < -0.4 is 21.3 Å². The Morgan fingerprint density at radius 1 is 0.971 bits per heavy atom. The fourth-order valence-corrected chi connectivity index (χ4v) is 3.62. The maximum Gasteiger partial charge on any atom is 0.327 e. The summed E-state index contributed by atoms with van der Waals surface area (Å²) in [6.45, 7) is 0.624. The van der Waals surface area contributed by atoms with Crippen molar-refractivity contribution in [1.82, 2.24) is 21.3 Å².